The van der Waals surface area contributed by atoms with Gasteiger partial charge in [-0.1, -0.05) is 36.8 Å². The quantitative estimate of drug-likeness (QED) is 0.106. The van der Waals surface area contributed by atoms with Crippen molar-refractivity contribution in [3.8, 4) is 0 Å². The summed E-state index contributed by atoms with van der Waals surface area (Å²) in [6, 6.07) is 7.34. The number of unbranched alkanes of at least 4 members (excludes halogenated alkanes) is 2. The third-order valence-corrected chi connectivity index (χ3v) is 5.79. The van der Waals surface area contributed by atoms with Crippen molar-refractivity contribution in [1.82, 2.24) is 26.2 Å². The van der Waals surface area contributed by atoms with E-state index >= 15 is 0 Å². The predicted molar refractivity (Wildman–Crippen MR) is 141 cm³/mol. The Labute approximate surface area is 226 Å². The number of imide groups is 1. The van der Waals surface area contributed by atoms with Crippen LogP contribution in [0, 0.1) is 0 Å². The minimum atomic E-state index is -0.902. The molecule has 0 fully saturated rings. The third-order valence-electron chi connectivity index (χ3n) is 5.79. The van der Waals surface area contributed by atoms with Crippen LogP contribution < -0.4 is 21.3 Å². The van der Waals surface area contributed by atoms with Crippen molar-refractivity contribution >= 4 is 41.6 Å². The summed E-state index contributed by atoms with van der Waals surface area (Å²) in [5, 5.41) is 10.5. The minimum Gasteiger partial charge on any atom is -0.347 e. The second kappa shape index (κ2) is 16.6. The molecule has 210 valence electrons. The molecule has 2 rings (SSSR count). The summed E-state index contributed by atoms with van der Waals surface area (Å²) in [5.41, 5.74) is 0.826. The highest BCUT2D eigenvalue weighted by Crippen LogP contribution is 2.08. The zero-order chi connectivity index (χ0) is 28.6. The number of nitrogens with zero attached hydrogens (tertiary/aromatic N) is 1. The highest BCUT2D eigenvalue weighted by atomic mass is 16.2. The molecule has 1 aliphatic rings. The molecule has 0 aliphatic carbocycles. The van der Waals surface area contributed by atoms with Crippen LogP contribution in [0.25, 0.3) is 0 Å². The van der Waals surface area contributed by atoms with Crippen LogP contribution in [-0.4, -0.2) is 84.8 Å². The van der Waals surface area contributed by atoms with E-state index in [1.54, 1.807) is 0 Å². The second-order valence-electron chi connectivity index (χ2n) is 9.14. The maximum atomic E-state index is 12.5. The van der Waals surface area contributed by atoms with Gasteiger partial charge < -0.3 is 26.1 Å². The number of hydrogen-bond donors (Lipinski definition) is 4. The van der Waals surface area contributed by atoms with E-state index in [0.717, 1.165) is 10.5 Å². The van der Waals surface area contributed by atoms with Gasteiger partial charge in [-0.3, -0.25) is 33.7 Å². The van der Waals surface area contributed by atoms with E-state index in [4.69, 9.17) is 0 Å². The molecule has 1 heterocycles. The fraction of sp³-hybridized carbons (Fsp3) is 0.444. The van der Waals surface area contributed by atoms with E-state index < -0.39 is 23.9 Å². The van der Waals surface area contributed by atoms with E-state index in [1.165, 1.54) is 19.1 Å². The second-order valence-corrected chi connectivity index (χ2v) is 9.14. The van der Waals surface area contributed by atoms with Crippen molar-refractivity contribution in [3.63, 3.8) is 0 Å². The van der Waals surface area contributed by atoms with Gasteiger partial charge in [0.2, 0.25) is 17.7 Å². The minimum absolute atomic E-state index is 0.00866. The van der Waals surface area contributed by atoms with Crippen LogP contribution in [-0.2, 0) is 40.0 Å². The summed E-state index contributed by atoms with van der Waals surface area (Å²) in [5.74, 6) is -2.21. The molecule has 1 aliphatic heterocycles. The Bertz CT molecular complexity index is 1060. The molecule has 0 spiro atoms. The van der Waals surface area contributed by atoms with Gasteiger partial charge in [0.1, 0.15) is 18.1 Å². The molecular formula is C27H35N5O7. The average Bonchev–Trinajstić information content (AvgIpc) is 3.23. The Morgan fingerprint density at radius 2 is 1.59 bits per heavy atom. The number of benzene rings is 1. The van der Waals surface area contributed by atoms with Gasteiger partial charge in [0.05, 0.1) is 19.1 Å². The fourth-order valence-electron chi connectivity index (χ4n) is 3.78. The molecule has 0 saturated carbocycles. The van der Waals surface area contributed by atoms with Crippen LogP contribution in [0.3, 0.4) is 0 Å². The monoisotopic (exact) mass is 541 g/mol. The van der Waals surface area contributed by atoms with E-state index in [-0.39, 0.29) is 56.0 Å². The number of carbonyl (C=O) groups is 7. The van der Waals surface area contributed by atoms with Crippen LogP contribution in [0.4, 0.5) is 0 Å². The zero-order valence-electron chi connectivity index (χ0n) is 21.9. The first kappa shape index (κ1) is 31.0. The molecule has 1 aromatic carbocycles. The highest BCUT2D eigenvalue weighted by molar-refractivity contribution is 6.12. The molecule has 5 amide bonds. The number of nitrogens with one attached hydrogen (secondary N) is 4. The molecule has 12 heteroatoms. The summed E-state index contributed by atoms with van der Waals surface area (Å²) in [7, 11) is 0. The van der Waals surface area contributed by atoms with Crippen molar-refractivity contribution in [1.29, 1.82) is 0 Å². The summed E-state index contributed by atoms with van der Waals surface area (Å²) < 4.78 is 0. The normalized spacial score (nSPS) is 14.0. The maximum absolute atomic E-state index is 12.5. The molecule has 0 radical (unpaired) electrons. The van der Waals surface area contributed by atoms with Gasteiger partial charge in [0.25, 0.3) is 11.8 Å². The van der Waals surface area contributed by atoms with E-state index in [9.17, 15) is 33.6 Å². The molecule has 39 heavy (non-hydrogen) atoms. The predicted octanol–water partition coefficient (Wildman–Crippen LogP) is -0.822. The lowest BCUT2D eigenvalue weighted by molar-refractivity contribution is -0.137. The van der Waals surface area contributed by atoms with Crippen molar-refractivity contribution in [2.75, 3.05) is 26.2 Å². The molecule has 0 aromatic heterocycles. The number of carbonyl (C=O) groups excluding carboxylic acids is 7. The highest BCUT2D eigenvalue weighted by Gasteiger charge is 2.23. The van der Waals surface area contributed by atoms with Crippen molar-refractivity contribution in [2.24, 2.45) is 0 Å². The van der Waals surface area contributed by atoms with Gasteiger partial charge in [-0.05, 0) is 25.3 Å². The van der Waals surface area contributed by atoms with Gasteiger partial charge >= 0.3 is 0 Å². The molecule has 0 saturated heterocycles. The fourth-order valence-corrected chi connectivity index (χ4v) is 3.78. The Kier molecular flexibility index (Phi) is 13.2. The first-order valence-corrected chi connectivity index (χ1v) is 12.8. The van der Waals surface area contributed by atoms with Crippen LogP contribution in [0.1, 0.15) is 38.2 Å². The van der Waals surface area contributed by atoms with E-state index in [2.05, 4.69) is 21.3 Å². The van der Waals surface area contributed by atoms with Crippen LogP contribution in [0.2, 0.25) is 0 Å². The number of amides is 5. The van der Waals surface area contributed by atoms with Gasteiger partial charge in [-0.15, -0.1) is 0 Å². The van der Waals surface area contributed by atoms with Gasteiger partial charge in [-0.25, -0.2) is 0 Å². The standard InChI is InChI=1S/C27H35N5O7/c1-19(34)15-29-27(39)22(14-20-8-4-2-5-9-20)31-24(36)17-28-16-21(18-33)30-23(35)10-6-3-7-13-32-25(37)11-12-26(32)38/h2,4-5,8-9,11-12,18,21-22,28H,3,6-7,10,13-17H2,1H3,(H,29,39)(H,30,35)(H,31,36)/t21?,22-/m0/s1. The largest absolute Gasteiger partial charge is 0.347 e. The Balaban J connectivity index is 1.70. The first-order valence-electron chi connectivity index (χ1n) is 12.8. The number of Topliss-reactive ketones (excluding diaryl/α,β-unsaturated/α-hetero) is 1. The zero-order valence-corrected chi connectivity index (χ0v) is 21.9. The Hall–Kier alpha value is -4.19. The van der Waals surface area contributed by atoms with Gasteiger partial charge in [0, 0.05) is 38.1 Å². The van der Waals surface area contributed by atoms with Crippen LogP contribution >= 0.6 is 0 Å². The molecule has 2 atom stereocenters. The number of rotatable bonds is 18. The average molecular weight is 542 g/mol. The topological polar surface area (TPSA) is 171 Å². The Morgan fingerprint density at radius 1 is 0.897 bits per heavy atom. The van der Waals surface area contributed by atoms with Gasteiger partial charge in [-0.2, -0.15) is 0 Å². The molecule has 4 N–H and O–H groups in total. The van der Waals surface area contributed by atoms with Crippen LogP contribution in [0.15, 0.2) is 42.5 Å². The first-order chi connectivity index (χ1) is 18.7. The summed E-state index contributed by atoms with van der Waals surface area (Å²) >= 11 is 0. The molecule has 1 aromatic rings. The lowest BCUT2D eigenvalue weighted by Gasteiger charge is -2.19. The van der Waals surface area contributed by atoms with E-state index in [1.807, 2.05) is 30.3 Å². The SMILES string of the molecule is CC(=O)CNC(=O)[C@H](Cc1ccccc1)NC(=O)CNCC(C=O)NC(=O)CCCCCN1C(=O)C=CC1=O. The van der Waals surface area contributed by atoms with Gasteiger partial charge in [0.15, 0.2) is 0 Å². The number of ketones is 1. The molecule has 1 unspecified atom stereocenters. The Morgan fingerprint density at radius 3 is 2.23 bits per heavy atom. The smallest absolute Gasteiger partial charge is 0.253 e. The van der Waals surface area contributed by atoms with E-state index in [0.29, 0.717) is 32.1 Å². The lowest BCUT2D eigenvalue weighted by Crippen LogP contribution is -2.51. The lowest BCUT2D eigenvalue weighted by atomic mass is 10.1. The summed E-state index contributed by atoms with van der Waals surface area (Å²) in [6.45, 7) is 1.30. The maximum Gasteiger partial charge on any atom is 0.253 e. The number of hydrogen-bond acceptors (Lipinski definition) is 8. The summed E-state index contributed by atoms with van der Waals surface area (Å²) in [4.78, 5) is 83.9. The van der Waals surface area contributed by atoms with Crippen LogP contribution in [0.5, 0.6) is 0 Å². The number of aldehydes is 1. The molecule has 12 nitrogen and oxygen atoms in total. The van der Waals surface area contributed by atoms with Crippen molar-refractivity contribution < 1.29 is 33.6 Å². The summed E-state index contributed by atoms with van der Waals surface area (Å²) in [6.07, 6.45) is 5.12. The third kappa shape index (κ3) is 11.8. The van der Waals surface area contributed by atoms with Crippen molar-refractivity contribution in [3.05, 3.63) is 48.0 Å². The molecular weight excluding hydrogens is 506 g/mol. The molecule has 0 bridgehead atoms. The van der Waals surface area contributed by atoms with Crippen molar-refractivity contribution in [2.45, 2.75) is 51.1 Å².